The molecule has 8 heteroatoms. The highest BCUT2D eigenvalue weighted by Gasteiger charge is 2.21. The number of likely N-dealkylation sites (tertiary alicyclic amines) is 1. The molecule has 1 amide bonds. The Morgan fingerprint density at radius 1 is 1.06 bits per heavy atom. The highest BCUT2D eigenvalue weighted by Crippen LogP contribution is 2.33. The van der Waals surface area contributed by atoms with E-state index in [9.17, 15) is 14.4 Å². The molecule has 7 nitrogen and oxygen atoms in total. The summed E-state index contributed by atoms with van der Waals surface area (Å²) in [6.07, 6.45) is 6.83. The maximum atomic E-state index is 12.6. The third-order valence-corrected chi connectivity index (χ3v) is 7.62. The summed E-state index contributed by atoms with van der Waals surface area (Å²) in [7, 11) is 0. The Hall–Kier alpha value is -3.00. The van der Waals surface area contributed by atoms with Crippen LogP contribution in [0, 0.1) is 0 Å². The Bertz CT molecular complexity index is 1240. The molecule has 1 saturated heterocycles. The normalized spacial score (nSPS) is 15.6. The van der Waals surface area contributed by atoms with E-state index < -0.39 is 0 Å². The largest absolute Gasteiger partial charge is 0.461 e. The molecule has 0 bridgehead atoms. The molecule has 5 rings (SSSR count). The van der Waals surface area contributed by atoms with Gasteiger partial charge in [-0.05, 0) is 61.8 Å². The first kappa shape index (κ1) is 21.8. The lowest BCUT2D eigenvalue weighted by molar-refractivity contribution is -0.144. The minimum Gasteiger partial charge on any atom is -0.461 e. The van der Waals surface area contributed by atoms with Gasteiger partial charge in [-0.2, -0.15) is 0 Å². The van der Waals surface area contributed by atoms with Gasteiger partial charge < -0.3 is 14.6 Å². The summed E-state index contributed by atoms with van der Waals surface area (Å²) in [6.45, 7) is 1.79. The average molecular weight is 466 g/mol. The molecule has 0 saturated carbocycles. The topological polar surface area (TPSA) is 92.4 Å². The van der Waals surface area contributed by atoms with E-state index in [2.05, 4.69) is 9.97 Å². The Balaban J connectivity index is 1.15. The second-order valence-electron chi connectivity index (χ2n) is 8.76. The summed E-state index contributed by atoms with van der Waals surface area (Å²) in [5.41, 5.74) is 2.55. The van der Waals surface area contributed by atoms with Crippen molar-refractivity contribution in [3.05, 3.63) is 62.0 Å². The van der Waals surface area contributed by atoms with Crippen LogP contribution in [0.3, 0.4) is 0 Å². The first-order chi connectivity index (χ1) is 16.1. The molecule has 2 aromatic heterocycles. The van der Waals surface area contributed by atoms with Crippen molar-refractivity contribution in [2.24, 2.45) is 0 Å². The van der Waals surface area contributed by atoms with Crippen molar-refractivity contribution in [3.63, 3.8) is 0 Å². The fraction of sp³-hybridized carbons (Fsp3) is 0.440. The Morgan fingerprint density at radius 3 is 2.61 bits per heavy atom. The van der Waals surface area contributed by atoms with Crippen LogP contribution in [0.25, 0.3) is 10.2 Å². The second-order valence-corrected chi connectivity index (χ2v) is 9.84. The second kappa shape index (κ2) is 9.47. The number of esters is 1. The number of H-pyrrole nitrogens is 1. The van der Waals surface area contributed by atoms with Gasteiger partial charge >= 0.3 is 5.97 Å². The van der Waals surface area contributed by atoms with Crippen LogP contribution in [-0.2, 0) is 35.4 Å². The number of nitrogens with one attached hydrogen (secondary N) is 1. The molecule has 1 fully saturated rings. The van der Waals surface area contributed by atoms with Gasteiger partial charge in [0.2, 0.25) is 0 Å². The van der Waals surface area contributed by atoms with Gasteiger partial charge in [-0.3, -0.25) is 14.4 Å². The van der Waals surface area contributed by atoms with Gasteiger partial charge in [-0.15, -0.1) is 11.3 Å². The van der Waals surface area contributed by atoms with Crippen molar-refractivity contribution in [2.45, 2.75) is 58.0 Å². The van der Waals surface area contributed by atoms with Gasteiger partial charge in [-0.25, -0.2) is 4.98 Å². The molecular weight excluding hydrogens is 438 g/mol. The van der Waals surface area contributed by atoms with Crippen LogP contribution >= 0.6 is 11.3 Å². The van der Waals surface area contributed by atoms with E-state index in [0.717, 1.165) is 73.0 Å². The fourth-order valence-corrected chi connectivity index (χ4v) is 5.91. The molecule has 1 aromatic carbocycles. The predicted molar refractivity (Wildman–Crippen MR) is 127 cm³/mol. The van der Waals surface area contributed by atoms with Crippen molar-refractivity contribution in [1.82, 2.24) is 14.9 Å². The van der Waals surface area contributed by atoms with Crippen LogP contribution in [0.1, 0.15) is 64.3 Å². The monoisotopic (exact) mass is 465 g/mol. The Morgan fingerprint density at radius 2 is 1.82 bits per heavy atom. The number of aromatic amines is 1. The van der Waals surface area contributed by atoms with E-state index in [1.54, 1.807) is 23.5 Å². The zero-order chi connectivity index (χ0) is 22.8. The molecule has 2 aliphatic rings. The molecule has 0 unspecified atom stereocenters. The van der Waals surface area contributed by atoms with Gasteiger partial charge in [0.1, 0.15) is 17.3 Å². The molecule has 1 aliphatic carbocycles. The highest BCUT2D eigenvalue weighted by atomic mass is 32.1. The van der Waals surface area contributed by atoms with Crippen molar-refractivity contribution in [1.29, 1.82) is 0 Å². The van der Waals surface area contributed by atoms with E-state index >= 15 is 0 Å². The molecular formula is C25H27N3O4S. The predicted octanol–water partition coefficient (Wildman–Crippen LogP) is 3.78. The Kier molecular flexibility index (Phi) is 6.26. The number of thiophene rings is 1. The van der Waals surface area contributed by atoms with E-state index in [1.165, 1.54) is 4.88 Å². The first-order valence-electron chi connectivity index (χ1n) is 11.7. The van der Waals surface area contributed by atoms with Crippen molar-refractivity contribution >= 4 is 33.4 Å². The van der Waals surface area contributed by atoms with Gasteiger partial charge in [0.05, 0.1) is 11.8 Å². The third kappa shape index (κ3) is 4.71. The molecule has 3 heterocycles. The number of fused-ring (bicyclic) bond motifs is 3. The summed E-state index contributed by atoms with van der Waals surface area (Å²) in [6, 6.07) is 7.22. The number of nitrogens with zero attached hydrogens (tertiary/aromatic N) is 2. The van der Waals surface area contributed by atoms with Crippen molar-refractivity contribution in [2.75, 3.05) is 13.1 Å². The Labute approximate surface area is 195 Å². The minimum absolute atomic E-state index is 0.0566. The number of hydrogen-bond acceptors (Lipinski definition) is 6. The van der Waals surface area contributed by atoms with E-state index in [4.69, 9.17) is 4.74 Å². The number of aryl methyl sites for hydroxylation is 3. The highest BCUT2D eigenvalue weighted by molar-refractivity contribution is 7.18. The SMILES string of the molecule is O=C(CCc1nc2sc3c(c2c(=O)[nH]1)CCCC3)OCc1ccc(C(=O)N2CCCC2)cc1. The standard InChI is InChI=1S/C25H27N3O4S/c29-21(32-15-16-7-9-17(10-8-16)25(31)28-13-3-4-14-28)12-11-20-26-23(30)22-18-5-1-2-6-19(18)33-24(22)27-20/h7-10H,1-6,11-15H2,(H,26,27,30). The van der Waals surface area contributed by atoms with E-state index in [0.29, 0.717) is 17.8 Å². The smallest absolute Gasteiger partial charge is 0.306 e. The van der Waals surface area contributed by atoms with Crippen LogP contribution in [0.2, 0.25) is 0 Å². The lowest BCUT2D eigenvalue weighted by Crippen LogP contribution is -2.27. The van der Waals surface area contributed by atoms with Crippen molar-refractivity contribution in [3.8, 4) is 0 Å². The zero-order valence-electron chi connectivity index (χ0n) is 18.5. The summed E-state index contributed by atoms with van der Waals surface area (Å²) >= 11 is 1.61. The quantitative estimate of drug-likeness (QED) is 0.560. The average Bonchev–Trinajstić information content (AvgIpc) is 3.49. The van der Waals surface area contributed by atoms with Crippen LogP contribution in [0.5, 0.6) is 0 Å². The molecule has 0 radical (unpaired) electrons. The molecule has 172 valence electrons. The number of benzene rings is 1. The summed E-state index contributed by atoms with van der Waals surface area (Å²) in [5, 5.41) is 0.729. The minimum atomic E-state index is -0.347. The molecule has 3 aromatic rings. The summed E-state index contributed by atoms with van der Waals surface area (Å²) < 4.78 is 5.38. The van der Waals surface area contributed by atoms with E-state index in [-0.39, 0.29) is 30.5 Å². The number of hydrogen-bond donors (Lipinski definition) is 1. The molecule has 1 aliphatic heterocycles. The van der Waals surface area contributed by atoms with Crippen molar-refractivity contribution < 1.29 is 14.3 Å². The zero-order valence-corrected chi connectivity index (χ0v) is 19.3. The van der Waals surface area contributed by atoms with Gasteiger partial charge in [0.15, 0.2) is 0 Å². The van der Waals surface area contributed by atoms with Crippen LogP contribution < -0.4 is 5.56 Å². The van der Waals surface area contributed by atoms with Crippen LogP contribution in [-0.4, -0.2) is 39.8 Å². The summed E-state index contributed by atoms with van der Waals surface area (Å²) in [4.78, 5) is 48.7. The van der Waals surface area contributed by atoms with Gasteiger partial charge in [0.25, 0.3) is 11.5 Å². The fourth-order valence-electron chi connectivity index (χ4n) is 4.63. The number of ether oxygens (including phenoxy) is 1. The molecule has 0 spiro atoms. The number of carbonyl (C=O) groups is 2. The lowest BCUT2D eigenvalue weighted by Gasteiger charge is -2.15. The summed E-state index contributed by atoms with van der Waals surface area (Å²) in [5.74, 6) is 0.231. The third-order valence-electron chi connectivity index (χ3n) is 6.43. The molecule has 33 heavy (non-hydrogen) atoms. The lowest BCUT2D eigenvalue weighted by atomic mass is 9.97. The van der Waals surface area contributed by atoms with E-state index in [1.807, 2.05) is 17.0 Å². The number of aromatic nitrogens is 2. The number of carbonyl (C=O) groups excluding carboxylic acids is 2. The number of amides is 1. The maximum Gasteiger partial charge on any atom is 0.306 e. The molecule has 0 atom stereocenters. The first-order valence-corrected chi connectivity index (χ1v) is 12.5. The van der Waals surface area contributed by atoms with Crippen LogP contribution in [0.15, 0.2) is 29.1 Å². The maximum absolute atomic E-state index is 12.6. The van der Waals surface area contributed by atoms with Crippen LogP contribution in [0.4, 0.5) is 0 Å². The molecule has 1 N–H and O–H groups in total. The van der Waals surface area contributed by atoms with Gasteiger partial charge in [-0.1, -0.05) is 12.1 Å². The van der Waals surface area contributed by atoms with Gasteiger partial charge in [0, 0.05) is 30.0 Å². The number of rotatable bonds is 6.